The average molecular weight is 296 g/mol. The van der Waals surface area contributed by atoms with Crippen molar-refractivity contribution >= 4 is 5.78 Å². The van der Waals surface area contributed by atoms with Crippen LogP contribution in [0.15, 0.2) is 34.9 Å². The predicted molar refractivity (Wildman–Crippen MR) is 90.4 cm³/mol. The molecular weight excluding hydrogens is 268 g/mol. The number of allylic oxidation sites excluding steroid dienone is 6. The number of hydrogen-bond donors (Lipinski definition) is 0. The summed E-state index contributed by atoms with van der Waals surface area (Å²) in [6.45, 7) is 7.15. The van der Waals surface area contributed by atoms with Gasteiger partial charge in [0.2, 0.25) is 0 Å². The topological polar surface area (TPSA) is 17.1 Å². The highest BCUT2D eigenvalue weighted by Gasteiger charge is 2.53. The third-order valence-corrected chi connectivity index (χ3v) is 7.38. The third-order valence-electron chi connectivity index (χ3n) is 7.38. The van der Waals surface area contributed by atoms with E-state index in [9.17, 15) is 4.79 Å². The van der Waals surface area contributed by atoms with Crippen LogP contribution < -0.4 is 0 Å². The lowest BCUT2D eigenvalue weighted by molar-refractivity contribution is -0.120. The molecule has 0 bridgehead atoms. The van der Waals surface area contributed by atoms with Crippen LogP contribution in [0.3, 0.4) is 0 Å². The van der Waals surface area contributed by atoms with Gasteiger partial charge in [0.25, 0.3) is 0 Å². The number of carbonyl (C=O) groups is 1. The van der Waals surface area contributed by atoms with Crippen LogP contribution in [0.25, 0.3) is 0 Å². The van der Waals surface area contributed by atoms with Crippen LogP contribution in [0.5, 0.6) is 0 Å². The van der Waals surface area contributed by atoms with E-state index in [1.807, 2.05) is 0 Å². The molecule has 0 saturated heterocycles. The first-order chi connectivity index (χ1) is 10.5. The van der Waals surface area contributed by atoms with Gasteiger partial charge in [0.1, 0.15) is 5.78 Å². The molecule has 1 heteroatoms. The van der Waals surface area contributed by atoms with E-state index >= 15 is 0 Å². The van der Waals surface area contributed by atoms with Crippen molar-refractivity contribution in [1.82, 2.24) is 0 Å². The second-order valence-electron chi connectivity index (χ2n) is 8.33. The molecular formula is C21H28O. The van der Waals surface area contributed by atoms with Crippen LogP contribution in [0.4, 0.5) is 0 Å². The van der Waals surface area contributed by atoms with Crippen molar-refractivity contribution in [3.8, 4) is 0 Å². The van der Waals surface area contributed by atoms with E-state index in [-0.39, 0.29) is 5.41 Å². The number of Topliss-reactive ketones (excluding diaryl/α,β-unsaturated/α-hetero) is 1. The maximum Gasteiger partial charge on any atom is 0.137 e. The zero-order chi connectivity index (χ0) is 15.5. The molecule has 4 aliphatic carbocycles. The minimum absolute atomic E-state index is 0.0501. The van der Waals surface area contributed by atoms with Crippen LogP contribution >= 0.6 is 0 Å². The first kappa shape index (κ1) is 14.5. The molecule has 1 fully saturated rings. The average Bonchev–Trinajstić information content (AvgIpc) is 2.82. The summed E-state index contributed by atoms with van der Waals surface area (Å²) in [5.41, 5.74) is 5.29. The van der Waals surface area contributed by atoms with Gasteiger partial charge < -0.3 is 0 Å². The number of rotatable bonds is 1. The molecule has 4 atom stereocenters. The highest BCUT2D eigenvalue weighted by atomic mass is 16.1. The Hall–Kier alpha value is -1.11. The van der Waals surface area contributed by atoms with Crippen molar-refractivity contribution in [3.05, 3.63) is 34.9 Å². The number of carbonyl (C=O) groups excluding carboxylic acids is 1. The fourth-order valence-electron chi connectivity index (χ4n) is 6.14. The standard InChI is InChI=1S/C21H28O/c1-4-14-7-10-18-17-9-6-15-5-8-16(22)13-21(15,3)19(17)11-12-20(14,18)2/h5,7,11,17-18H,4,6,8-10,12-13H2,1-3H3/t17-,18-,20+,21-/m0/s1. The zero-order valence-electron chi connectivity index (χ0n) is 14.2. The van der Waals surface area contributed by atoms with E-state index in [0.717, 1.165) is 12.3 Å². The van der Waals surface area contributed by atoms with E-state index < -0.39 is 0 Å². The van der Waals surface area contributed by atoms with Gasteiger partial charge in [-0.2, -0.15) is 0 Å². The second-order valence-corrected chi connectivity index (χ2v) is 8.33. The van der Waals surface area contributed by atoms with Crippen LogP contribution in [0, 0.1) is 22.7 Å². The van der Waals surface area contributed by atoms with Crippen molar-refractivity contribution in [1.29, 1.82) is 0 Å². The van der Waals surface area contributed by atoms with Crippen molar-refractivity contribution in [2.45, 2.75) is 65.7 Å². The maximum absolute atomic E-state index is 12.1. The van der Waals surface area contributed by atoms with Gasteiger partial charge in [0.15, 0.2) is 0 Å². The van der Waals surface area contributed by atoms with Gasteiger partial charge in [-0.05, 0) is 49.4 Å². The van der Waals surface area contributed by atoms with Gasteiger partial charge in [-0.3, -0.25) is 4.79 Å². The van der Waals surface area contributed by atoms with E-state index in [2.05, 4.69) is 39.0 Å². The summed E-state index contributed by atoms with van der Waals surface area (Å²) in [5.74, 6) is 1.91. The molecule has 1 nitrogen and oxygen atoms in total. The Morgan fingerprint density at radius 1 is 1.23 bits per heavy atom. The molecule has 22 heavy (non-hydrogen) atoms. The molecule has 0 spiro atoms. The van der Waals surface area contributed by atoms with Crippen LogP contribution in [-0.2, 0) is 4.79 Å². The Kier molecular flexibility index (Phi) is 3.09. The lowest BCUT2D eigenvalue weighted by Crippen LogP contribution is -2.44. The number of fused-ring (bicyclic) bond motifs is 5. The molecule has 0 aromatic heterocycles. The Balaban J connectivity index is 1.76. The normalized spacial score (nSPS) is 43.6. The Labute approximate surface area is 134 Å². The molecule has 0 radical (unpaired) electrons. The predicted octanol–water partition coefficient (Wildman–Crippen LogP) is 5.38. The summed E-state index contributed by atoms with van der Waals surface area (Å²) >= 11 is 0. The summed E-state index contributed by atoms with van der Waals surface area (Å²) < 4.78 is 0. The molecule has 0 N–H and O–H groups in total. The van der Waals surface area contributed by atoms with Crippen LogP contribution in [0.1, 0.15) is 65.7 Å². The Morgan fingerprint density at radius 2 is 2.05 bits per heavy atom. The van der Waals surface area contributed by atoms with E-state index in [1.165, 1.54) is 32.1 Å². The van der Waals surface area contributed by atoms with E-state index in [1.54, 1.807) is 16.7 Å². The molecule has 4 aliphatic rings. The summed E-state index contributed by atoms with van der Waals surface area (Å²) in [6, 6.07) is 0. The quantitative estimate of drug-likeness (QED) is 0.593. The maximum atomic E-state index is 12.1. The minimum atomic E-state index is 0.0501. The highest BCUT2D eigenvalue weighted by molar-refractivity contribution is 5.83. The SMILES string of the molecule is CCC1=CC[C@H]2[C@@H]3CCC4=CCC(=O)C[C@]4(C)C3=CC[C@]12C. The smallest absolute Gasteiger partial charge is 0.137 e. The number of hydrogen-bond acceptors (Lipinski definition) is 1. The molecule has 0 amide bonds. The first-order valence-electron chi connectivity index (χ1n) is 9.10. The monoisotopic (exact) mass is 296 g/mol. The molecule has 118 valence electrons. The van der Waals surface area contributed by atoms with E-state index in [4.69, 9.17) is 0 Å². The third kappa shape index (κ3) is 1.74. The molecule has 1 saturated carbocycles. The van der Waals surface area contributed by atoms with Crippen molar-refractivity contribution in [2.24, 2.45) is 22.7 Å². The van der Waals surface area contributed by atoms with Gasteiger partial charge in [-0.15, -0.1) is 0 Å². The van der Waals surface area contributed by atoms with Crippen LogP contribution in [-0.4, -0.2) is 5.78 Å². The van der Waals surface area contributed by atoms with E-state index in [0.29, 0.717) is 23.5 Å². The fraction of sp³-hybridized carbons (Fsp3) is 0.667. The van der Waals surface area contributed by atoms with Gasteiger partial charge in [-0.25, -0.2) is 0 Å². The zero-order valence-corrected chi connectivity index (χ0v) is 14.2. The Bertz CT molecular complexity index is 620. The van der Waals surface area contributed by atoms with Crippen LogP contribution in [0.2, 0.25) is 0 Å². The molecule has 0 aromatic rings. The lowest BCUT2D eigenvalue weighted by Gasteiger charge is -2.53. The molecule has 0 heterocycles. The number of ketones is 1. The summed E-state index contributed by atoms with van der Waals surface area (Å²) in [6.07, 6.45) is 14.9. The van der Waals surface area contributed by atoms with Gasteiger partial charge in [0, 0.05) is 18.3 Å². The summed E-state index contributed by atoms with van der Waals surface area (Å²) in [7, 11) is 0. The summed E-state index contributed by atoms with van der Waals surface area (Å²) in [4.78, 5) is 12.1. The van der Waals surface area contributed by atoms with Gasteiger partial charge in [0.05, 0.1) is 0 Å². The fourth-order valence-corrected chi connectivity index (χ4v) is 6.14. The van der Waals surface area contributed by atoms with Crippen molar-refractivity contribution in [3.63, 3.8) is 0 Å². The van der Waals surface area contributed by atoms with Crippen molar-refractivity contribution in [2.75, 3.05) is 0 Å². The molecule has 4 rings (SSSR count). The largest absolute Gasteiger partial charge is 0.299 e. The highest BCUT2D eigenvalue weighted by Crippen LogP contribution is 2.63. The minimum Gasteiger partial charge on any atom is -0.299 e. The van der Waals surface area contributed by atoms with Gasteiger partial charge in [-0.1, -0.05) is 55.7 Å². The molecule has 0 aromatic carbocycles. The first-order valence-corrected chi connectivity index (χ1v) is 9.10. The molecule has 0 unspecified atom stereocenters. The molecule has 0 aliphatic heterocycles. The van der Waals surface area contributed by atoms with Crippen molar-refractivity contribution < 1.29 is 4.79 Å². The second kappa shape index (κ2) is 4.69. The van der Waals surface area contributed by atoms with Gasteiger partial charge >= 0.3 is 0 Å². The summed E-state index contributed by atoms with van der Waals surface area (Å²) in [5, 5.41) is 0. The lowest BCUT2D eigenvalue weighted by atomic mass is 9.51. The Morgan fingerprint density at radius 3 is 2.82 bits per heavy atom.